The summed E-state index contributed by atoms with van der Waals surface area (Å²) in [6.07, 6.45) is 3.59. The molecule has 1 aliphatic heterocycles. The van der Waals surface area contributed by atoms with Crippen molar-refractivity contribution in [3.8, 4) is 22.5 Å². The number of benzene rings is 2. The summed E-state index contributed by atoms with van der Waals surface area (Å²) in [5, 5.41) is 10.3. The molecule has 188 valence electrons. The van der Waals surface area contributed by atoms with Crippen molar-refractivity contribution in [1.29, 1.82) is 0 Å². The van der Waals surface area contributed by atoms with E-state index in [4.69, 9.17) is 14.0 Å². The van der Waals surface area contributed by atoms with Gasteiger partial charge in [-0.3, -0.25) is 9.97 Å². The van der Waals surface area contributed by atoms with Crippen molar-refractivity contribution < 1.29 is 19.1 Å². The van der Waals surface area contributed by atoms with Crippen molar-refractivity contribution in [3.05, 3.63) is 60.9 Å². The molecule has 2 heterocycles. The number of nitrogens with zero attached hydrogens (tertiary/aromatic N) is 2. The fourth-order valence-electron chi connectivity index (χ4n) is 3.63. The monoisotopic (exact) mass is 486 g/mol. The van der Waals surface area contributed by atoms with Crippen LogP contribution in [0.2, 0.25) is 0 Å². The SMILES string of the molecule is CC(C)(O)C(C)(C)OBc1ccc(-c2cnc(-c3ccc(B4OC(C)(C)C(C)(C)O4)cc3)cn2)cc1. The lowest BCUT2D eigenvalue weighted by atomic mass is 9.79. The van der Waals surface area contributed by atoms with Gasteiger partial charge in [0.15, 0.2) is 0 Å². The van der Waals surface area contributed by atoms with E-state index in [9.17, 15) is 5.11 Å². The van der Waals surface area contributed by atoms with Gasteiger partial charge in [0.05, 0.1) is 46.2 Å². The summed E-state index contributed by atoms with van der Waals surface area (Å²) < 4.78 is 18.3. The fraction of sp³-hybridized carbons (Fsp3) is 0.429. The lowest BCUT2D eigenvalue weighted by Crippen LogP contribution is -2.49. The molecule has 0 spiro atoms. The molecule has 8 heteroatoms. The zero-order valence-corrected chi connectivity index (χ0v) is 22.6. The molecular formula is C28H36B2N2O4. The predicted octanol–water partition coefficient (Wildman–Crippen LogP) is 3.65. The molecule has 4 rings (SSSR count). The van der Waals surface area contributed by atoms with Crippen molar-refractivity contribution in [3.63, 3.8) is 0 Å². The van der Waals surface area contributed by atoms with Gasteiger partial charge in [0.25, 0.3) is 0 Å². The van der Waals surface area contributed by atoms with Crippen LogP contribution < -0.4 is 10.9 Å². The third kappa shape index (κ3) is 5.42. The second-order valence-electron chi connectivity index (χ2n) is 11.6. The van der Waals surface area contributed by atoms with Gasteiger partial charge in [0.1, 0.15) is 0 Å². The van der Waals surface area contributed by atoms with Gasteiger partial charge in [0.2, 0.25) is 0 Å². The summed E-state index contributed by atoms with van der Waals surface area (Å²) in [6.45, 7) is 15.5. The van der Waals surface area contributed by atoms with E-state index in [1.54, 1.807) is 26.2 Å². The van der Waals surface area contributed by atoms with E-state index in [0.717, 1.165) is 33.4 Å². The summed E-state index contributed by atoms with van der Waals surface area (Å²) in [5.41, 5.74) is 3.26. The van der Waals surface area contributed by atoms with Gasteiger partial charge >= 0.3 is 14.6 Å². The zero-order chi connectivity index (χ0) is 26.4. The minimum absolute atomic E-state index is 0.365. The first-order chi connectivity index (χ1) is 16.7. The summed E-state index contributed by atoms with van der Waals surface area (Å²) >= 11 is 0. The quantitative estimate of drug-likeness (QED) is 0.515. The molecule has 0 saturated carbocycles. The molecule has 0 bridgehead atoms. The van der Waals surface area contributed by atoms with Crippen molar-refractivity contribution in [2.24, 2.45) is 0 Å². The molecule has 0 unspecified atom stereocenters. The Balaban J connectivity index is 1.41. The first-order valence-corrected chi connectivity index (χ1v) is 12.4. The molecule has 1 N–H and O–H groups in total. The minimum atomic E-state index is -0.934. The lowest BCUT2D eigenvalue weighted by molar-refractivity contribution is -0.0893. The van der Waals surface area contributed by atoms with Crippen LogP contribution in [0.3, 0.4) is 0 Å². The van der Waals surface area contributed by atoms with Crippen LogP contribution in [0.1, 0.15) is 55.4 Å². The topological polar surface area (TPSA) is 73.7 Å². The van der Waals surface area contributed by atoms with E-state index in [1.165, 1.54) is 0 Å². The van der Waals surface area contributed by atoms with E-state index in [-0.39, 0.29) is 18.3 Å². The van der Waals surface area contributed by atoms with E-state index < -0.39 is 11.2 Å². The highest BCUT2D eigenvalue weighted by atomic mass is 16.7. The Morgan fingerprint density at radius 2 is 1.22 bits per heavy atom. The molecular weight excluding hydrogens is 450 g/mol. The third-order valence-corrected chi connectivity index (χ3v) is 7.71. The van der Waals surface area contributed by atoms with Crippen LogP contribution in [0.4, 0.5) is 0 Å². The molecule has 3 aromatic rings. The van der Waals surface area contributed by atoms with Gasteiger partial charge in [-0.25, -0.2) is 0 Å². The first-order valence-electron chi connectivity index (χ1n) is 12.4. The maximum absolute atomic E-state index is 10.3. The summed E-state index contributed by atoms with van der Waals surface area (Å²) in [7, 11) is 0.0381. The minimum Gasteiger partial charge on any atom is -0.427 e. The maximum Gasteiger partial charge on any atom is 0.494 e. The summed E-state index contributed by atoms with van der Waals surface area (Å²) in [5.74, 6) is 0. The van der Waals surface area contributed by atoms with Crippen LogP contribution >= 0.6 is 0 Å². The van der Waals surface area contributed by atoms with E-state index in [0.29, 0.717) is 7.48 Å². The number of hydrogen-bond donors (Lipinski definition) is 1. The van der Waals surface area contributed by atoms with E-state index >= 15 is 0 Å². The van der Waals surface area contributed by atoms with Crippen molar-refractivity contribution in [2.75, 3.05) is 0 Å². The Hall–Kier alpha value is -2.51. The highest BCUT2D eigenvalue weighted by Gasteiger charge is 2.51. The molecule has 1 saturated heterocycles. The van der Waals surface area contributed by atoms with Gasteiger partial charge < -0.3 is 19.1 Å². The van der Waals surface area contributed by atoms with Crippen LogP contribution in [0.15, 0.2) is 60.9 Å². The van der Waals surface area contributed by atoms with Crippen LogP contribution in [-0.4, -0.2) is 52.1 Å². The van der Waals surface area contributed by atoms with Crippen LogP contribution in [0, 0.1) is 0 Å². The van der Waals surface area contributed by atoms with Crippen molar-refractivity contribution >= 4 is 25.5 Å². The number of aliphatic hydroxyl groups is 1. The predicted molar refractivity (Wildman–Crippen MR) is 147 cm³/mol. The summed E-state index contributed by atoms with van der Waals surface area (Å²) in [6, 6.07) is 16.1. The molecule has 0 radical (unpaired) electrons. The lowest BCUT2D eigenvalue weighted by Gasteiger charge is -2.37. The van der Waals surface area contributed by atoms with Gasteiger partial charge in [0, 0.05) is 11.1 Å². The fourth-order valence-corrected chi connectivity index (χ4v) is 3.63. The first kappa shape index (κ1) is 26.6. The normalized spacial score (nSPS) is 17.3. The van der Waals surface area contributed by atoms with Crippen LogP contribution in [0.5, 0.6) is 0 Å². The molecule has 2 aromatic carbocycles. The Labute approximate surface area is 215 Å². The van der Waals surface area contributed by atoms with Crippen LogP contribution in [0.25, 0.3) is 22.5 Å². The van der Waals surface area contributed by atoms with E-state index in [1.807, 2.05) is 62.4 Å². The average Bonchev–Trinajstić information content (AvgIpc) is 3.04. The summed E-state index contributed by atoms with van der Waals surface area (Å²) in [4.78, 5) is 9.27. The molecule has 0 amide bonds. The van der Waals surface area contributed by atoms with Gasteiger partial charge in [-0.2, -0.15) is 0 Å². The third-order valence-electron chi connectivity index (χ3n) is 7.71. The van der Waals surface area contributed by atoms with Crippen molar-refractivity contribution in [2.45, 2.75) is 77.8 Å². The highest BCUT2D eigenvalue weighted by Crippen LogP contribution is 2.36. The number of aromatic nitrogens is 2. The zero-order valence-electron chi connectivity index (χ0n) is 22.6. The van der Waals surface area contributed by atoms with Crippen LogP contribution in [-0.2, 0) is 14.0 Å². The molecule has 6 nitrogen and oxygen atoms in total. The largest absolute Gasteiger partial charge is 0.494 e. The van der Waals surface area contributed by atoms with Gasteiger partial charge in [-0.1, -0.05) is 54.0 Å². The van der Waals surface area contributed by atoms with E-state index in [2.05, 4.69) is 37.7 Å². The Kier molecular flexibility index (Phi) is 6.95. The number of rotatable bonds is 7. The molecule has 1 aromatic heterocycles. The second kappa shape index (κ2) is 9.42. The molecule has 1 aliphatic rings. The van der Waals surface area contributed by atoms with Gasteiger partial charge in [-0.05, 0) is 60.9 Å². The number of hydrogen-bond acceptors (Lipinski definition) is 6. The Morgan fingerprint density at radius 1 is 0.778 bits per heavy atom. The molecule has 0 atom stereocenters. The molecule has 1 fully saturated rings. The second-order valence-corrected chi connectivity index (χ2v) is 11.6. The molecule has 36 heavy (non-hydrogen) atoms. The average molecular weight is 486 g/mol. The Bertz CT molecular complexity index is 1170. The molecule has 0 aliphatic carbocycles. The van der Waals surface area contributed by atoms with Gasteiger partial charge in [-0.15, -0.1) is 0 Å². The Morgan fingerprint density at radius 3 is 1.64 bits per heavy atom. The smallest absolute Gasteiger partial charge is 0.427 e. The maximum atomic E-state index is 10.3. The standard InChI is InChI=1S/C28H36B2N2O4/c1-25(2,33)26(3,4)34-29-21-13-9-19(10-14-21)23-17-32-24(18-31-23)20-11-15-22(16-12-20)30-35-27(5,6)28(7,8)36-30/h9-18,29,33H,1-8H3. The highest BCUT2D eigenvalue weighted by molar-refractivity contribution is 6.62. The van der Waals surface area contributed by atoms with Crippen molar-refractivity contribution in [1.82, 2.24) is 9.97 Å².